The first kappa shape index (κ1) is 15.1. The second-order valence-corrected chi connectivity index (χ2v) is 4.89. The molecule has 0 saturated carbocycles. The third-order valence-electron chi connectivity index (χ3n) is 3.36. The van der Waals surface area contributed by atoms with Crippen molar-refractivity contribution in [2.75, 3.05) is 7.11 Å². The van der Waals surface area contributed by atoms with Crippen LogP contribution >= 0.6 is 0 Å². The number of carbonyl (C=O) groups is 1. The summed E-state index contributed by atoms with van der Waals surface area (Å²) in [6, 6.07) is 10.9. The van der Waals surface area contributed by atoms with Gasteiger partial charge in [-0.3, -0.25) is 0 Å². The van der Waals surface area contributed by atoms with Crippen LogP contribution in [0.3, 0.4) is 0 Å². The smallest absolute Gasteiger partial charge is 0.371 e. The number of furan rings is 1. The Balaban J connectivity index is 2.06. The lowest BCUT2D eigenvalue weighted by Crippen LogP contribution is -2.22. The first-order chi connectivity index (χ1) is 10.0. The molecule has 2 atom stereocenters. The third kappa shape index (κ3) is 3.64. The number of hydrogen-bond acceptors (Lipinski definition) is 4. The predicted molar refractivity (Wildman–Crippen MR) is 78.6 cm³/mol. The molecule has 0 aliphatic rings. The van der Waals surface area contributed by atoms with E-state index in [4.69, 9.17) is 14.3 Å². The Morgan fingerprint density at radius 2 is 2.00 bits per heavy atom. The van der Waals surface area contributed by atoms with Crippen LogP contribution < -0.4 is 10.1 Å². The first-order valence-corrected chi connectivity index (χ1v) is 6.74. The number of methoxy groups -OCH3 is 1. The zero-order valence-corrected chi connectivity index (χ0v) is 12.3. The molecule has 0 amide bonds. The highest BCUT2D eigenvalue weighted by atomic mass is 16.5. The van der Waals surface area contributed by atoms with Crippen LogP contribution in [0, 0.1) is 0 Å². The van der Waals surface area contributed by atoms with Crippen LogP contribution in [0.25, 0.3) is 0 Å². The summed E-state index contributed by atoms with van der Waals surface area (Å²) in [5.41, 5.74) is 1.09. The van der Waals surface area contributed by atoms with Gasteiger partial charge in [-0.05, 0) is 43.7 Å². The molecule has 5 nitrogen and oxygen atoms in total. The van der Waals surface area contributed by atoms with Crippen molar-refractivity contribution in [1.82, 2.24) is 5.32 Å². The topological polar surface area (TPSA) is 71.7 Å². The van der Waals surface area contributed by atoms with Crippen molar-refractivity contribution in [1.29, 1.82) is 0 Å². The summed E-state index contributed by atoms with van der Waals surface area (Å²) in [4.78, 5) is 10.8. The molecule has 0 bridgehead atoms. The van der Waals surface area contributed by atoms with E-state index in [1.54, 1.807) is 13.2 Å². The van der Waals surface area contributed by atoms with Crippen molar-refractivity contribution in [3.8, 4) is 5.75 Å². The summed E-state index contributed by atoms with van der Waals surface area (Å²) in [5, 5.41) is 12.2. The number of ether oxygens (including phenoxy) is 1. The molecule has 2 rings (SSSR count). The van der Waals surface area contributed by atoms with Gasteiger partial charge in [0.25, 0.3) is 0 Å². The van der Waals surface area contributed by atoms with Crippen LogP contribution in [0.1, 0.15) is 47.8 Å². The second-order valence-electron chi connectivity index (χ2n) is 4.89. The molecule has 2 aromatic rings. The fourth-order valence-corrected chi connectivity index (χ4v) is 2.16. The Hall–Kier alpha value is -2.27. The predicted octanol–water partition coefficient (Wildman–Crippen LogP) is 3.40. The van der Waals surface area contributed by atoms with Crippen LogP contribution in [0.2, 0.25) is 0 Å². The maximum absolute atomic E-state index is 10.8. The summed E-state index contributed by atoms with van der Waals surface area (Å²) in [6.45, 7) is 3.97. The van der Waals surface area contributed by atoms with Gasteiger partial charge in [0, 0.05) is 6.04 Å². The molecular weight excluding hydrogens is 270 g/mol. The van der Waals surface area contributed by atoms with E-state index >= 15 is 0 Å². The van der Waals surface area contributed by atoms with Crippen molar-refractivity contribution in [3.63, 3.8) is 0 Å². The minimum absolute atomic E-state index is 0.0484. The summed E-state index contributed by atoms with van der Waals surface area (Å²) in [5.74, 6) is 0.295. The van der Waals surface area contributed by atoms with Gasteiger partial charge in [-0.1, -0.05) is 12.1 Å². The highest BCUT2D eigenvalue weighted by molar-refractivity contribution is 5.84. The van der Waals surface area contributed by atoms with Crippen LogP contribution in [0.15, 0.2) is 40.8 Å². The Morgan fingerprint density at radius 3 is 2.62 bits per heavy atom. The van der Waals surface area contributed by atoms with Gasteiger partial charge < -0.3 is 19.6 Å². The van der Waals surface area contributed by atoms with Crippen molar-refractivity contribution < 1.29 is 19.1 Å². The van der Waals surface area contributed by atoms with E-state index in [-0.39, 0.29) is 17.8 Å². The lowest BCUT2D eigenvalue weighted by atomic mass is 10.1. The monoisotopic (exact) mass is 289 g/mol. The summed E-state index contributed by atoms with van der Waals surface area (Å²) < 4.78 is 10.5. The van der Waals surface area contributed by atoms with E-state index in [1.807, 2.05) is 38.1 Å². The molecule has 2 N–H and O–H groups in total. The molecule has 0 radical (unpaired) electrons. The number of rotatable bonds is 6. The minimum Gasteiger partial charge on any atom is -0.497 e. The highest BCUT2D eigenvalue weighted by Crippen LogP contribution is 2.23. The van der Waals surface area contributed by atoms with E-state index in [1.165, 1.54) is 6.07 Å². The molecule has 1 unspecified atom stereocenters. The summed E-state index contributed by atoms with van der Waals surface area (Å²) in [7, 11) is 1.64. The molecule has 1 aromatic heterocycles. The Bertz CT molecular complexity index is 620. The van der Waals surface area contributed by atoms with Gasteiger partial charge in [0.05, 0.1) is 13.2 Å². The van der Waals surface area contributed by atoms with Crippen LogP contribution in [-0.2, 0) is 0 Å². The molecule has 112 valence electrons. The maximum atomic E-state index is 10.8. The zero-order valence-electron chi connectivity index (χ0n) is 12.3. The molecule has 0 aliphatic carbocycles. The van der Waals surface area contributed by atoms with Gasteiger partial charge in [0.1, 0.15) is 11.5 Å². The van der Waals surface area contributed by atoms with E-state index in [0.29, 0.717) is 5.76 Å². The van der Waals surface area contributed by atoms with E-state index in [0.717, 1.165) is 11.3 Å². The third-order valence-corrected chi connectivity index (χ3v) is 3.36. The van der Waals surface area contributed by atoms with Crippen LogP contribution in [0.5, 0.6) is 5.75 Å². The summed E-state index contributed by atoms with van der Waals surface area (Å²) in [6.07, 6.45) is 0. The number of carboxylic acid groups (broad SMARTS) is 1. The standard InChI is InChI=1S/C16H19NO4/c1-10(12-5-4-6-13(9-12)20-3)17-11(2)14-7-8-15(21-14)16(18)19/h4-11,17H,1-3H3,(H,18,19)/t10-,11?/m0/s1. The Labute approximate surface area is 123 Å². The van der Waals surface area contributed by atoms with Crippen molar-refractivity contribution >= 4 is 5.97 Å². The molecule has 21 heavy (non-hydrogen) atoms. The molecule has 0 fully saturated rings. The van der Waals surface area contributed by atoms with Gasteiger partial charge in [-0.15, -0.1) is 0 Å². The molecule has 1 heterocycles. The average Bonchev–Trinajstić information content (AvgIpc) is 2.97. The van der Waals surface area contributed by atoms with Crippen molar-refractivity contribution in [3.05, 3.63) is 53.5 Å². The lowest BCUT2D eigenvalue weighted by Gasteiger charge is -2.19. The van der Waals surface area contributed by atoms with Gasteiger partial charge in [0.15, 0.2) is 0 Å². The van der Waals surface area contributed by atoms with E-state index < -0.39 is 5.97 Å². The van der Waals surface area contributed by atoms with Crippen molar-refractivity contribution in [2.24, 2.45) is 0 Å². The number of carboxylic acids is 1. The zero-order chi connectivity index (χ0) is 15.4. The number of aromatic carboxylic acids is 1. The molecule has 0 aliphatic heterocycles. The van der Waals surface area contributed by atoms with Crippen LogP contribution in [0.4, 0.5) is 0 Å². The molecular formula is C16H19NO4. The number of benzene rings is 1. The van der Waals surface area contributed by atoms with Gasteiger partial charge >= 0.3 is 5.97 Å². The highest BCUT2D eigenvalue weighted by Gasteiger charge is 2.16. The quantitative estimate of drug-likeness (QED) is 0.852. The molecule has 0 saturated heterocycles. The van der Waals surface area contributed by atoms with Crippen LogP contribution in [-0.4, -0.2) is 18.2 Å². The minimum atomic E-state index is -1.06. The SMILES string of the molecule is COc1cccc([C@H](C)NC(C)c2ccc(C(=O)O)o2)c1. The van der Waals surface area contributed by atoms with Crippen molar-refractivity contribution in [2.45, 2.75) is 25.9 Å². The Kier molecular flexibility index (Phi) is 4.65. The Morgan fingerprint density at radius 1 is 1.24 bits per heavy atom. The van der Waals surface area contributed by atoms with Gasteiger partial charge in [-0.2, -0.15) is 0 Å². The average molecular weight is 289 g/mol. The largest absolute Gasteiger partial charge is 0.497 e. The van der Waals surface area contributed by atoms with Gasteiger partial charge in [-0.25, -0.2) is 4.79 Å². The van der Waals surface area contributed by atoms with Gasteiger partial charge in [0.2, 0.25) is 5.76 Å². The second kappa shape index (κ2) is 6.45. The lowest BCUT2D eigenvalue weighted by molar-refractivity contribution is 0.0659. The molecule has 5 heteroatoms. The van der Waals surface area contributed by atoms with E-state index in [2.05, 4.69) is 5.32 Å². The summed E-state index contributed by atoms with van der Waals surface area (Å²) >= 11 is 0. The number of nitrogens with one attached hydrogen (secondary N) is 1. The fraction of sp³-hybridized carbons (Fsp3) is 0.312. The molecule has 1 aromatic carbocycles. The maximum Gasteiger partial charge on any atom is 0.371 e. The fourth-order valence-electron chi connectivity index (χ4n) is 2.16. The number of hydrogen-bond donors (Lipinski definition) is 2. The normalized spacial score (nSPS) is 13.7. The molecule has 0 spiro atoms. The van der Waals surface area contributed by atoms with E-state index in [9.17, 15) is 4.79 Å². The first-order valence-electron chi connectivity index (χ1n) is 6.74.